The highest BCUT2D eigenvalue weighted by Gasteiger charge is 2.55. The van der Waals surface area contributed by atoms with Gasteiger partial charge in [-0.05, 0) is 86.2 Å². The summed E-state index contributed by atoms with van der Waals surface area (Å²) in [6.45, 7) is 0.747. The number of carbonyl (C=O) groups is 2. The number of nitrogens with zero attached hydrogens (tertiary/aromatic N) is 2. The van der Waals surface area contributed by atoms with E-state index < -0.39 is 0 Å². The van der Waals surface area contributed by atoms with Crippen LogP contribution in [0.4, 0.5) is 0 Å². The summed E-state index contributed by atoms with van der Waals surface area (Å²) in [5, 5.41) is 2.40. The van der Waals surface area contributed by atoms with E-state index in [0.29, 0.717) is 27.0 Å². The molecule has 1 saturated heterocycles. The first-order valence-corrected chi connectivity index (χ1v) is 14.4. The molecule has 7 heteroatoms. The molecular weight excluding hydrogens is 498 g/mol. The third-order valence-electron chi connectivity index (χ3n) is 8.83. The molecule has 4 saturated carbocycles. The molecule has 37 heavy (non-hydrogen) atoms. The lowest BCUT2D eigenvalue weighted by Crippen LogP contribution is -2.57. The molecule has 5 fully saturated rings. The van der Waals surface area contributed by atoms with Crippen LogP contribution in [0.15, 0.2) is 65.7 Å². The van der Waals surface area contributed by atoms with Crippen LogP contribution in [0.25, 0.3) is 17.0 Å². The number of fused-ring (bicyclic) bond motifs is 1. The Balaban J connectivity index is 1.14. The number of thiocarbonyl (C=S) groups is 1. The van der Waals surface area contributed by atoms with Gasteiger partial charge in [0.15, 0.2) is 4.32 Å². The van der Waals surface area contributed by atoms with Crippen molar-refractivity contribution >= 4 is 57.1 Å². The van der Waals surface area contributed by atoms with Crippen LogP contribution >= 0.6 is 24.0 Å². The zero-order valence-corrected chi connectivity index (χ0v) is 22.2. The van der Waals surface area contributed by atoms with E-state index in [0.717, 1.165) is 42.3 Å². The number of hydrogen-bond acceptors (Lipinski definition) is 4. The fraction of sp³-hybridized carbons (Fsp3) is 0.367. The third-order valence-corrected chi connectivity index (χ3v) is 10.1. The predicted molar refractivity (Wildman–Crippen MR) is 151 cm³/mol. The van der Waals surface area contributed by atoms with E-state index in [2.05, 4.69) is 40.5 Å². The van der Waals surface area contributed by atoms with Gasteiger partial charge in [0.2, 0.25) is 5.91 Å². The van der Waals surface area contributed by atoms with Crippen LogP contribution in [-0.4, -0.2) is 25.7 Å². The largest absolute Gasteiger partial charge is 0.342 e. The van der Waals surface area contributed by atoms with Gasteiger partial charge >= 0.3 is 0 Å². The summed E-state index contributed by atoms with van der Waals surface area (Å²) in [6, 6.07) is 18.6. The molecule has 0 atom stereocenters. The summed E-state index contributed by atoms with van der Waals surface area (Å²) in [4.78, 5) is 27.5. The molecule has 5 aliphatic rings. The fourth-order valence-electron chi connectivity index (χ4n) is 7.62. The molecule has 0 radical (unpaired) electrons. The molecule has 188 valence electrons. The second-order valence-electron chi connectivity index (χ2n) is 11.4. The third kappa shape index (κ3) is 4.03. The molecule has 1 aliphatic heterocycles. The zero-order chi connectivity index (χ0) is 25.1. The van der Waals surface area contributed by atoms with Crippen LogP contribution in [-0.2, 0) is 16.1 Å². The number of hydrazine groups is 1. The highest BCUT2D eigenvalue weighted by Crippen LogP contribution is 2.60. The topological polar surface area (TPSA) is 54.3 Å². The summed E-state index contributed by atoms with van der Waals surface area (Å²) in [5.41, 5.74) is 5.94. The van der Waals surface area contributed by atoms with Crippen molar-refractivity contribution in [2.45, 2.75) is 45.1 Å². The van der Waals surface area contributed by atoms with Crippen LogP contribution in [0.1, 0.15) is 49.7 Å². The van der Waals surface area contributed by atoms with E-state index in [1.807, 2.05) is 36.4 Å². The molecule has 0 spiro atoms. The number of carbonyl (C=O) groups excluding carboxylic acids is 2. The van der Waals surface area contributed by atoms with E-state index >= 15 is 0 Å². The molecule has 0 unspecified atom stereocenters. The molecule has 2 aromatic carbocycles. The van der Waals surface area contributed by atoms with Gasteiger partial charge in [-0.1, -0.05) is 60.3 Å². The number of benzene rings is 2. The van der Waals surface area contributed by atoms with Gasteiger partial charge in [-0.3, -0.25) is 15.0 Å². The highest BCUT2D eigenvalue weighted by atomic mass is 32.2. The Labute approximate surface area is 226 Å². The molecule has 3 aromatic rings. The number of hydrogen-bond donors (Lipinski definition) is 1. The summed E-state index contributed by atoms with van der Waals surface area (Å²) in [5.74, 6) is 1.74. The first kappa shape index (κ1) is 23.2. The van der Waals surface area contributed by atoms with Crippen molar-refractivity contribution in [3.05, 3.63) is 76.8 Å². The average Bonchev–Trinajstić information content (AvgIpc) is 3.35. The molecule has 1 aromatic heterocycles. The van der Waals surface area contributed by atoms with Gasteiger partial charge in [0.25, 0.3) is 5.91 Å². The molecule has 2 amide bonds. The van der Waals surface area contributed by atoms with Gasteiger partial charge in [-0.15, -0.1) is 0 Å². The maximum atomic E-state index is 13.6. The Hall–Kier alpha value is -2.90. The van der Waals surface area contributed by atoms with E-state index in [1.54, 1.807) is 0 Å². The number of rotatable bonds is 5. The van der Waals surface area contributed by atoms with E-state index in [4.69, 9.17) is 12.2 Å². The minimum absolute atomic E-state index is 0.0105. The quantitative estimate of drug-likeness (QED) is 0.320. The Morgan fingerprint density at radius 3 is 2.35 bits per heavy atom. The van der Waals surface area contributed by atoms with Crippen molar-refractivity contribution in [3.8, 4) is 0 Å². The lowest BCUT2D eigenvalue weighted by molar-refractivity contribution is -0.152. The first-order chi connectivity index (χ1) is 18.0. The smallest absolute Gasteiger partial charge is 0.285 e. The molecule has 1 N–H and O–H groups in total. The minimum Gasteiger partial charge on any atom is -0.342 e. The Kier molecular flexibility index (Phi) is 5.55. The minimum atomic E-state index is -0.327. The van der Waals surface area contributed by atoms with Crippen molar-refractivity contribution in [1.82, 2.24) is 15.0 Å². The fourth-order valence-corrected chi connectivity index (χ4v) is 8.79. The van der Waals surface area contributed by atoms with Crippen LogP contribution in [0.2, 0.25) is 0 Å². The van der Waals surface area contributed by atoms with Crippen molar-refractivity contribution in [1.29, 1.82) is 0 Å². The molecular formula is C30H29N3O2S2. The van der Waals surface area contributed by atoms with Gasteiger partial charge in [-0.25, -0.2) is 0 Å². The summed E-state index contributed by atoms with van der Waals surface area (Å²) < 4.78 is 2.61. The Morgan fingerprint density at radius 1 is 1.00 bits per heavy atom. The van der Waals surface area contributed by atoms with Gasteiger partial charge in [0, 0.05) is 29.2 Å². The van der Waals surface area contributed by atoms with Gasteiger partial charge in [0.05, 0.1) is 10.3 Å². The molecule has 4 bridgehead atoms. The SMILES string of the molecule is O=C1/C(=C/c2cn(Cc3ccccc3)c3ccccc23)SC(=S)N1NC(=O)C12CC3CC(CC(C3)C1)C2. The van der Waals surface area contributed by atoms with Crippen molar-refractivity contribution in [3.63, 3.8) is 0 Å². The lowest BCUT2D eigenvalue weighted by Gasteiger charge is -2.55. The van der Waals surface area contributed by atoms with E-state index in [-0.39, 0.29) is 17.2 Å². The maximum absolute atomic E-state index is 13.6. The van der Waals surface area contributed by atoms with Crippen LogP contribution in [0.5, 0.6) is 0 Å². The second kappa shape index (κ2) is 8.84. The lowest BCUT2D eigenvalue weighted by atomic mass is 9.49. The van der Waals surface area contributed by atoms with Gasteiger partial charge in [0.1, 0.15) is 0 Å². The number of thioether (sulfide) groups is 1. The summed E-state index contributed by atoms with van der Waals surface area (Å²) >= 11 is 6.83. The molecule has 5 nitrogen and oxygen atoms in total. The summed E-state index contributed by atoms with van der Waals surface area (Å²) in [6.07, 6.45) is 10.7. The van der Waals surface area contributed by atoms with Crippen molar-refractivity contribution in [2.24, 2.45) is 23.2 Å². The standard InChI is InChI=1S/C30H29N3O2S2/c34-27-26(13-23-18-32(17-19-6-2-1-3-7-19)25-9-5-4-8-24(23)25)37-29(36)33(27)31-28(35)30-14-20-10-21(15-30)12-22(11-20)16-30/h1-9,13,18,20-22H,10-12,14-17H2,(H,31,35)/b26-13-. The van der Waals surface area contributed by atoms with Crippen molar-refractivity contribution in [2.75, 3.05) is 0 Å². The zero-order valence-electron chi connectivity index (χ0n) is 20.6. The van der Waals surface area contributed by atoms with Crippen LogP contribution in [0.3, 0.4) is 0 Å². The average molecular weight is 528 g/mol. The second-order valence-corrected chi connectivity index (χ2v) is 13.0. The molecule has 4 aliphatic carbocycles. The monoisotopic (exact) mass is 527 g/mol. The normalized spacial score (nSPS) is 29.6. The predicted octanol–water partition coefficient (Wildman–Crippen LogP) is 6.14. The van der Waals surface area contributed by atoms with E-state index in [9.17, 15) is 9.59 Å². The van der Waals surface area contributed by atoms with Crippen LogP contribution in [0, 0.1) is 23.2 Å². The summed E-state index contributed by atoms with van der Waals surface area (Å²) in [7, 11) is 0. The molecule has 2 heterocycles. The van der Waals surface area contributed by atoms with Gasteiger partial charge in [-0.2, -0.15) is 5.01 Å². The highest BCUT2D eigenvalue weighted by molar-refractivity contribution is 8.26. The van der Waals surface area contributed by atoms with Crippen LogP contribution < -0.4 is 5.43 Å². The van der Waals surface area contributed by atoms with E-state index in [1.165, 1.54) is 41.6 Å². The number of aromatic nitrogens is 1. The van der Waals surface area contributed by atoms with Gasteiger partial charge < -0.3 is 4.57 Å². The van der Waals surface area contributed by atoms with Crippen molar-refractivity contribution < 1.29 is 9.59 Å². The molecule has 8 rings (SSSR count). The Morgan fingerprint density at radius 2 is 1.65 bits per heavy atom. The maximum Gasteiger partial charge on any atom is 0.285 e. The number of amides is 2. The number of para-hydroxylation sites is 1. The Bertz CT molecular complexity index is 1420. The number of nitrogens with one attached hydrogen (secondary N) is 1. The first-order valence-electron chi connectivity index (χ1n) is 13.2.